The number of carbonyl (C=O) groups excluding carboxylic acids is 1. The van der Waals surface area contributed by atoms with E-state index >= 15 is 0 Å². The molecular weight excluding hydrogens is 176 g/mol. The van der Waals surface area contributed by atoms with Gasteiger partial charge in [-0.25, -0.2) is 0 Å². The minimum atomic E-state index is -0.0198. The van der Waals surface area contributed by atoms with Gasteiger partial charge in [0.2, 0.25) is 5.91 Å². The Morgan fingerprint density at radius 1 is 1.57 bits per heavy atom. The summed E-state index contributed by atoms with van der Waals surface area (Å²) in [5.74, 6) is 0.120. The maximum Gasteiger partial charge on any atom is 0.224 e. The third-order valence-corrected chi connectivity index (χ3v) is 2.23. The molecule has 0 bridgehead atoms. The van der Waals surface area contributed by atoms with Gasteiger partial charge in [-0.15, -0.1) is 6.58 Å². The van der Waals surface area contributed by atoms with Crippen molar-refractivity contribution in [3.8, 4) is 0 Å². The fourth-order valence-electron chi connectivity index (χ4n) is 1.23. The van der Waals surface area contributed by atoms with Gasteiger partial charge in [-0.2, -0.15) is 0 Å². The largest absolute Gasteiger partial charge is 0.337 e. The van der Waals surface area contributed by atoms with Crippen molar-refractivity contribution in [2.75, 3.05) is 6.54 Å². The highest BCUT2D eigenvalue weighted by atomic mass is 16.2. The average Bonchev–Trinajstić information content (AvgIpc) is 2.13. The van der Waals surface area contributed by atoms with Crippen molar-refractivity contribution in [2.24, 2.45) is 5.73 Å². The Bertz CT molecular complexity index is 190. The molecule has 0 aliphatic carbocycles. The Morgan fingerprint density at radius 3 is 2.50 bits per heavy atom. The molecule has 0 heterocycles. The molecule has 0 radical (unpaired) electrons. The molecule has 0 fully saturated rings. The van der Waals surface area contributed by atoms with Crippen molar-refractivity contribution in [2.45, 2.75) is 45.7 Å². The molecule has 0 spiro atoms. The van der Waals surface area contributed by atoms with Crippen LogP contribution in [0.25, 0.3) is 0 Å². The van der Waals surface area contributed by atoms with E-state index in [1.165, 1.54) is 0 Å². The number of nitrogens with two attached hydrogens (primary N) is 1. The van der Waals surface area contributed by atoms with Gasteiger partial charge in [0.05, 0.1) is 0 Å². The topological polar surface area (TPSA) is 46.3 Å². The summed E-state index contributed by atoms with van der Waals surface area (Å²) in [7, 11) is 0. The predicted molar refractivity (Wildman–Crippen MR) is 59.9 cm³/mol. The summed E-state index contributed by atoms with van der Waals surface area (Å²) >= 11 is 0. The van der Waals surface area contributed by atoms with Gasteiger partial charge in [0, 0.05) is 25.0 Å². The highest BCUT2D eigenvalue weighted by molar-refractivity contribution is 5.77. The maximum absolute atomic E-state index is 11.7. The third-order valence-electron chi connectivity index (χ3n) is 2.23. The first-order valence-corrected chi connectivity index (χ1v) is 5.18. The molecule has 82 valence electrons. The molecule has 1 atom stereocenters. The van der Waals surface area contributed by atoms with E-state index in [1.54, 1.807) is 11.0 Å². The van der Waals surface area contributed by atoms with Crippen molar-refractivity contribution in [3.05, 3.63) is 12.7 Å². The van der Waals surface area contributed by atoms with E-state index in [1.807, 2.05) is 20.8 Å². The molecule has 0 aromatic rings. The summed E-state index contributed by atoms with van der Waals surface area (Å²) in [6, 6.07) is 0.193. The smallest absolute Gasteiger partial charge is 0.224 e. The normalized spacial score (nSPS) is 12.6. The molecule has 0 saturated carbocycles. The van der Waals surface area contributed by atoms with E-state index < -0.39 is 0 Å². The Morgan fingerprint density at radius 2 is 2.14 bits per heavy atom. The molecule has 3 nitrogen and oxygen atoms in total. The minimum absolute atomic E-state index is 0.0198. The van der Waals surface area contributed by atoms with Gasteiger partial charge >= 0.3 is 0 Å². The zero-order valence-electron chi connectivity index (χ0n) is 9.49. The lowest BCUT2D eigenvalue weighted by atomic mass is 10.1. The summed E-state index contributed by atoms with van der Waals surface area (Å²) in [6.45, 7) is 10.2. The van der Waals surface area contributed by atoms with Crippen LogP contribution in [-0.4, -0.2) is 29.4 Å². The van der Waals surface area contributed by atoms with Crippen LogP contribution in [0.3, 0.4) is 0 Å². The molecular formula is C11H22N2O. The fourth-order valence-corrected chi connectivity index (χ4v) is 1.23. The van der Waals surface area contributed by atoms with Crippen LogP contribution in [0.15, 0.2) is 12.7 Å². The molecule has 0 aromatic carbocycles. The van der Waals surface area contributed by atoms with Crippen LogP contribution in [0.2, 0.25) is 0 Å². The second kappa shape index (κ2) is 6.60. The minimum Gasteiger partial charge on any atom is -0.337 e. The molecule has 14 heavy (non-hydrogen) atoms. The van der Waals surface area contributed by atoms with Crippen molar-refractivity contribution in [3.63, 3.8) is 0 Å². The summed E-state index contributed by atoms with van der Waals surface area (Å²) in [4.78, 5) is 13.5. The van der Waals surface area contributed by atoms with Crippen LogP contribution in [0, 0.1) is 0 Å². The van der Waals surface area contributed by atoms with Crippen LogP contribution in [0.4, 0.5) is 0 Å². The summed E-state index contributed by atoms with van der Waals surface area (Å²) in [5.41, 5.74) is 5.73. The monoisotopic (exact) mass is 198 g/mol. The lowest BCUT2D eigenvalue weighted by molar-refractivity contribution is -0.132. The van der Waals surface area contributed by atoms with Crippen LogP contribution >= 0.6 is 0 Å². The number of rotatable bonds is 6. The molecule has 0 aromatic heterocycles. The van der Waals surface area contributed by atoms with Crippen molar-refractivity contribution in [1.82, 2.24) is 4.90 Å². The van der Waals surface area contributed by atoms with Gasteiger partial charge in [-0.3, -0.25) is 4.79 Å². The van der Waals surface area contributed by atoms with Crippen LogP contribution in [0.1, 0.15) is 33.6 Å². The van der Waals surface area contributed by atoms with Gasteiger partial charge in [-0.1, -0.05) is 13.0 Å². The summed E-state index contributed by atoms with van der Waals surface area (Å²) in [6.07, 6.45) is 3.02. The van der Waals surface area contributed by atoms with Crippen molar-refractivity contribution < 1.29 is 4.79 Å². The molecule has 0 aliphatic rings. The zero-order chi connectivity index (χ0) is 11.1. The lowest BCUT2D eigenvalue weighted by Gasteiger charge is -2.26. The Balaban J connectivity index is 4.21. The highest BCUT2D eigenvalue weighted by Gasteiger charge is 2.17. The SMILES string of the molecule is C=CCN(C(=O)CC(N)CC)C(C)C. The number of hydrogen-bond donors (Lipinski definition) is 1. The predicted octanol–water partition coefficient (Wildman–Crippen LogP) is 1.54. The van der Waals surface area contributed by atoms with E-state index in [0.29, 0.717) is 13.0 Å². The second-order valence-electron chi connectivity index (χ2n) is 3.80. The van der Waals surface area contributed by atoms with E-state index in [9.17, 15) is 4.79 Å². The van der Waals surface area contributed by atoms with E-state index in [-0.39, 0.29) is 18.0 Å². The van der Waals surface area contributed by atoms with E-state index in [4.69, 9.17) is 5.73 Å². The first-order valence-electron chi connectivity index (χ1n) is 5.18. The van der Waals surface area contributed by atoms with Crippen LogP contribution in [-0.2, 0) is 4.79 Å². The molecule has 0 saturated heterocycles. The first kappa shape index (κ1) is 13.2. The highest BCUT2D eigenvalue weighted by Crippen LogP contribution is 2.04. The molecule has 3 heteroatoms. The molecule has 2 N–H and O–H groups in total. The van der Waals surface area contributed by atoms with Gasteiger partial charge in [0.1, 0.15) is 0 Å². The fraction of sp³-hybridized carbons (Fsp3) is 0.727. The summed E-state index contributed by atoms with van der Waals surface area (Å²) < 4.78 is 0. The molecule has 1 amide bonds. The Kier molecular flexibility index (Phi) is 6.21. The van der Waals surface area contributed by atoms with Gasteiger partial charge in [0.15, 0.2) is 0 Å². The molecule has 0 aliphatic heterocycles. The number of hydrogen-bond acceptors (Lipinski definition) is 2. The van der Waals surface area contributed by atoms with Gasteiger partial charge in [-0.05, 0) is 20.3 Å². The number of nitrogens with zero attached hydrogens (tertiary/aromatic N) is 1. The Labute approximate surface area is 87.0 Å². The third kappa shape index (κ3) is 4.42. The van der Waals surface area contributed by atoms with Crippen molar-refractivity contribution >= 4 is 5.91 Å². The van der Waals surface area contributed by atoms with Gasteiger partial charge in [0.25, 0.3) is 0 Å². The van der Waals surface area contributed by atoms with Crippen LogP contribution < -0.4 is 5.73 Å². The average molecular weight is 198 g/mol. The first-order chi connectivity index (χ1) is 6.52. The lowest BCUT2D eigenvalue weighted by Crippen LogP contribution is -2.40. The van der Waals surface area contributed by atoms with Crippen molar-refractivity contribution in [1.29, 1.82) is 0 Å². The second-order valence-corrected chi connectivity index (χ2v) is 3.80. The van der Waals surface area contributed by atoms with E-state index in [0.717, 1.165) is 6.42 Å². The van der Waals surface area contributed by atoms with Gasteiger partial charge < -0.3 is 10.6 Å². The molecule has 0 rings (SSSR count). The standard InChI is InChI=1S/C11H22N2O/c1-5-7-13(9(3)4)11(14)8-10(12)6-2/h5,9-10H,1,6-8,12H2,2-4H3. The van der Waals surface area contributed by atoms with Crippen LogP contribution in [0.5, 0.6) is 0 Å². The number of carbonyl (C=O) groups is 1. The maximum atomic E-state index is 11.7. The van der Waals surface area contributed by atoms with E-state index in [2.05, 4.69) is 6.58 Å². The zero-order valence-corrected chi connectivity index (χ0v) is 9.49. The Hall–Kier alpha value is -0.830. The molecule has 1 unspecified atom stereocenters. The summed E-state index contributed by atoms with van der Waals surface area (Å²) in [5, 5.41) is 0. The number of amides is 1. The quantitative estimate of drug-likeness (QED) is 0.658.